The lowest BCUT2D eigenvalue weighted by Crippen LogP contribution is -2.41. The average Bonchev–Trinajstić information content (AvgIpc) is 2.77. The molecule has 3 N–H and O–H groups in total. The van der Waals surface area contributed by atoms with Gasteiger partial charge in [-0.25, -0.2) is 0 Å². The number of nitrogens with one attached hydrogen (secondary N) is 2. The van der Waals surface area contributed by atoms with E-state index < -0.39 is 5.60 Å². The van der Waals surface area contributed by atoms with E-state index in [4.69, 9.17) is 4.74 Å². The number of carbonyl (C=O) groups excluding carboxylic acids is 1. The van der Waals surface area contributed by atoms with Crippen molar-refractivity contribution < 1.29 is 14.6 Å². The van der Waals surface area contributed by atoms with Crippen LogP contribution in [0.1, 0.15) is 23.8 Å². The lowest BCUT2D eigenvalue weighted by atomic mass is 10.0. The van der Waals surface area contributed by atoms with Gasteiger partial charge in [-0.15, -0.1) is 0 Å². The number of methoxy groups -OCH3 is 1. The summed E-state index contributed by atoms with van der Waals surface area (Å²) in [6, 6.07) is 3.43. The fourth-order valence-corrected chi connectivity index (χ4v) is 1.25. The second kappa shape index (κ2) is 5.67. The zero-order chi connectivity index (χ0) is 12.0. The lowest BCUT2D eigenvalue weighted by molar-refractivity contribution is 0.0243. The largest absolute Gasteiger partial charge is 0.388 e. The number of amides is 1. The standard InChI is InChI=1S/C11H18N2O3/c1-11(15,5-7-16-2)8-13-10(14)9-4-3-6-12-9/h3-4,6,12,15H,5,7-8H2,1-2H3,(H,13,14). The normalized spacial score (nSPS) is 14.4. The maximum absolute atomic E-state index is 11.5. The Balaban J connectivity index is 2.36. The van der Waals surface area contributed by atoms with Gasteiger partial charge in [-0.3, -0.25) is 4.79 Å². The molecule has 1 aromatic heterocycles. The molecule has 0 spiro atoms. The molecule has 0 radical (unpaired) electrons. The quantitative estimate of drug-likeness (QED) is 0.662. The summed E-state index contributed by atoms with van der Waals surface area (Å²) in [6.45, 7) is 2.33. The molecule has 1 atom stereocenters. The Hall–Kier alpha value is -1.33. The minimum Gasteiger partial charge on any atom is -0.388 e. The molecular weight excluding hydrogens is 208 g/mol. The minimum atomic E-state index is -0.946. The monoisotopic (exact) mass is 226 g/mol. The molecule has 0 saturated carbocycles. The van der Waals surface area contributed by atoms with Gasteiger partial charge in [-0.2, -0.15) is 0 Å². The van der Waals surface area contributed by atoms with Crippen molar-refractivity contribution in [3.8, 4) is 0 Å². The van der Waals surface area contributed by atoms with Crippen LogP contribution in [0, 0.1) is 0 Å². The van der Waals surface area contributed by atoms with Crippen LogP contribution in [0.4, 0.5) is 0 Å². The van der Waals surface area contributed by atoms with E-state index in [9.17, 15) is 9.90 Å². The number of ether oxygens (including phenoxy) is 1. The molecule has 1 rings (SSSR count). The van der Waals surface area contributed by atoms with Gasteiger partial charge in [-0.05, 0) is 19.1 Å². The van der Waals surface area contributed by atoms with Gasteiger partial charge < -0.3 is 20.1 Å². The molecule has 5 nitrogen and oxygen atoms in total. The Morgan fingerprint density at radius 3 is 3.00 bits per heavy atom. The maximum Gasteiger partial charge on any atom is 0.267 e. The summed E-state index contributed by atoms with van der Waals surface area (Å²) in [6.07, 6.45) is 2.16. The number of rotatable bonds is 6. The van der Waals surface area contributed by atoms with E-state index >= 15 is 0 Å². The lowest BCUT2D eigenvalue weighted by Gasteiger charge is -2.22. The van der Waals surface area contributed by atoms with Crippen LogP contribution in [0.3, 0.4) is 0 Å². The number of carbonyl (C=O) groups is 1. The third-order valence-corrected chi connectivity index (χ3v) is 2.32. The summed E-state index contributed by atoms with van der Waals surface area (Å²) >= 11 is 0. The van der Waals surface area contributed by atoms with Crippen molar-refractivity contribution in [1.29, 1.82) is 0 Å². The number of hydrogen-bond donors (Lipinski definition) is 3. The van der Waals surface area contributed by atoms with Gasteiger partial charge in [0.1, 0.15) is 5.69 Å². The zero-order valence-electron chi connectivity index (χ0n) is 9.62. The molecule has 5 heteroatoms. The summed E-state index contributed by atoms with van der Waals surface area (Å²) in [7, 11) is 1.58. The minimum absolute atomic E-state index is 0.203. The molecule has 0 saturated heterocycles. The van der Waals surface area contributed by atoms with Crippen molar-refractivity contribution in [3.63, 3.8) is 0 Å². The van der Waals surface area contributed by atoms with Crippen LogP contribution in [0.2, 0.25) is 0 Å². The van der Waals surface area contributed by atoms with Crippen LogP contribution in [0.25, 0.3) is 0 Å². The number of aliphatic hydroxyl groups is 1. The van der Waals surface area contributed by atoms with Crippen molar-refractivity contribution in [1.82, 2.24) is 10.3 Å². The van der Waals surface area contributed by atoms with Gasteiger partial charge >= 0.3 is 0 Å². The van der Waals surface area contributed by atoms with Crippen LogP contribution >= 0.6 is 0 Å². The molecule has 0 aliphatic carbocycles. The second-order valence-corrected chi connectivity index (χ2v) is 4.01. The summed E-state index contributed by atoms with van der Waals surface area (Å²) < 4.78 is 4.88. The molecule has 1 unspecified atom stereocenters. The molecule has 1 aromatic rings. The first-order valence-corrected chi connectivity index (χ1v) is 5.18. The Labute approximate surface area is 94.8 Å². The van der Waals surface area contributed by atoms with E-state index in [1.54, 1.807) is 32.4 Å². The molecule has 1 heterocycles. The van der Waals surface area contributed by atoms with Gasteiger partial charge in [-0.1, -0.05) is 0 Å². The van der Waals surface area contributed by atoms with Crippen molar-refractivity contribution in [2.45, 2.75) is 18.9 Å². The summed E-state index contributed by atoms with van der Waals surface area (Å²) in [5, 5.41) is 12.5. The number of aromatic amines is 1. The highest BCUT2D eigenvalue weighted by Gasteiger charge is 2.21. The summed E-state index contributed by atoms with van der Waals surface area (Å²) in [5.74, 6) is -0.220. The van der Waals surface area contributed by atoms with Crippen molar-refractivity contribution >= 4 is 5.91 Å². The molecule has 0 aromatic carbocycles. The third kappa shape index (κ3) is 4.04. The predicted octanol–water partition coefficient (Wildman–Crippen LogP) is 0.532. The zero-order valence-corrected chi connectivity index (χ0v) is 9.62. The third-order valence-electron chi connectivity index (χ3n) is 2.32. The first-order valence-electron chi connectivity index (χ1n) is 5.18. The average molecular weight is 226 g/mol. The van der Waals surface area contributed by atoms with Crippen LogP contribution in [0.5, 0.6) is 0 Å². The topological polar surface area (TPSA) is 74.3 Å². The van der Waals surface area contributed by atoms with E-state index in [1.807, 2.05) is 0 Å². The molecule has 0 aliphatic heterocycles. The van der Waals surface area contributed by atoms with Gasteiger partial charge in [0.25, 0.3) is 5.91 Å². The van der Waals surface area contributed by atoms with E-state index in [0.717, 1.165) is 0 Å². The predicted molar refractivity (Wildman–Crippen MR) is 60.2 cm³/mol. The number of aromatic nitrogens is 1. The molecule has 0 aliphatic rings. The highest BCUT2D eigenvalue weighted by atomic mass is 16.5. The molecule has 90 valence electrons. The van der Waals surface area contributed by atoms with Crippen LogP contribution in [-0.2, 0) is 4.74 Å². The fourth-order valence-electron chi connectivity index (χ4n) is 1.25. The Bertz CT molecular complexity index is 320. The van der Waals surface area contributed by atoms with Crippen molar-refractivity contribution in [3.05, 3.63) is 24.0 Å². The molecule has 16 heavy (non-hydrogen) atoms. The van der Waals surface area contributed by atoms with Crippen molar-refractivity contribution in [2.75, 3.05) is 20.3 Å². The first-order chi connectivity index (χ1) is 7.55. The molecular formula is C11H18N2O3. The van der Waals surface area contributed by atoms with Gasteiger partial charge in [0.2, 0.25) is 0 Å². The Morgan fingerprint density at radius 2 is 2.44 bits per heavy atom. The van der Waals surface area contributed by atoms with Gasteiger partial charge in [0.15, 0.2) is 0 Å². The number of H-pyrrole nitrogens is 1. The molecule has 0 bridgehead atoms. The highest BCUT2D eigenvalue weighted by molar-refractivity contribution is 5.92. The van der Waals surface area contributed by atoms with Gasteiger partial charge in [0, 0.05) is 32.9 Å². The van der Waals surface area contributed by atoms with E-state index in [1.165, 1.54) is 0 Å². The summed E-state index contributed by atoms with van der Waals surface area (Å²) in [5.41, 5.74) is -0.458. The van der Waals surface area contributed by atoms with E-state index in [-0.39, 0.29) is 12.5 Å². The Kier molecular flexibility index (Phi) is 4.52. The van der Waals surface area contributed by atoms with Crippen molar-refractivity contribution in [2.24, 2.45) is 0 Å². The fraction of sp³-hybridized carbons (Fsp3) is 0.545. The number of hydrogen-bond acceptors (Lipinski definition) is 3. The molecule has 0 fully saturated rings. The van der Waals surface area contributed by atoms with Gasteiger partial charge in [0.05, 0.1) is 5.60 Å². The Morgan fingerprint density at radius 1 is 1.69 bits per heavy atom. The smallest absolute Gasteiger partial charge is 0.267 e. The van der Waals surface area contributed by atoms with E-state index in [0.29, 0.717) is 18.7 Å². The summed E-state index contributed by atoms with van der Waals surface area (Å²) in [4.78, 5) is 14.3. The second-order valence-electron chi connectivity index (χ2n) is 4.01. The van der Waals surface area contributed by atoms with E-state index in [2.05, 4.69) is 10.3 Å². The van der Waals surface area contributed by atoms with Crippen LogP contribution in [0.15, 0.2) is 18.3 Å². The first kappa shape index (κ1) is 12.7. The van der Waals surface area contributed by atoms with Crippen LogP contribution < -0.4 is 5.32 Å². The highest BCUT2D eigenvalue weighted by Crippen LogP contribution is 2.07. The maximum atomic E-state index is 11.5. The molecule has 1 amide bonds. The SMILES string of the molecule is COCCC(C)(O)CNC(=O)c1ccc[nH]1. The van der Waals surface area contributed by atoms with Crippen LogP contribution in [-0.4, -0.2) is 41.9 Å².